The molecule has 2 aromatic carbocycles. The van der Waals surface area contributed by atoms with E-state index in [-0.39, 0.29) is 23.8 Å². The van der Waals surface area contributed by atoms with Gasteiger partial charge in [0.1, 0.15) is 0 Å². The van der Waals surface area contributed by atoms with E-state index in [2.05, 4.69) is 5.32 Å². The zero-order chi connectivity index (χ0) is 19.2. The number of aryl methyl sites for hydroxylation is 1. The summed E-state index contributed by atoms with van der Waals surface area (Å²) in [5.41, 5.74) is 3.34. The van der Waals surface area contributed by atoms with Crippen LogP contribution in [0.15, 0.2) is 54.6 Å². The van der Waals surface area contributed by atoms with Crippen molar-refractivity contribution in [2.75, 3.05) is 13.1 Å². The van der Waals surface area contributed by atoms with E-state index < -0.39 is 0 Å². The summed E-state index contributed by atoms with van der Waals surface area (Å²) in [7, 11) is 0. The molecule has 0 aliphatic carbocycles. The molecule has 142 valence electrons. The van der Waals surface area contributed by atoms with Gasteiger partial charge in [0, 0.05) is 19.0 Å². The Hall–Kier alpha value is -2.62. The third-order valence-corrected chi connectivity index (χ3v) is 5.48. The predicted molar refractivity (Wildman–Crippen MR) is 107 cm³/mol. The summed E-state index contributed by atoms with van der Waals surface area (Å²) in [6, 6.07) is 18.0. The first-order valence-corrected chi connectivity index (χ1v) is 9.72. The molecule has 1 heterocycles. The van der Waals surface area contributed by atoms with Gasteiger partial charge in [0.05, 0.1) is 12.5 Å². The predicted octanol–water partition coefficient (Wildman–Crippen LogP) is 3.65. The molecule has 1 unspecified atom stereocenters. The monoisotopic (exact) mass is 364 g/mol. The van der Waals surface area contributed by atoms with E-state index in [1.807, 2.05) is 73.3 Å². The van der Waals surface area contributed by atoms with Crippen molar-refractivity contribution < 1.29 is 9.59 Å². The second-order valence-corrected chi connectivity index (χ2v) is 7.40. The number of hydrogen-bond donors (Lipinski definition) is 1. The molecule has 4 nitrogen and oxygen atoms in total. The number of carbonyl (C=O) groups is 2. The van der Waals surface area contributed by atoms with Crippen LogP contribution in [0.5, 0.6) is 0 Å². The third kappa shape index (κ3) is 4.97. The summed E-state index contributed by atoms with van der Waals surface area (Å²) >= 11 is 0. The molecule has 0 bridgehead atoms. The molecule has 1 atom stereocenters. The number of benzene rings is 2. The first-order valence-electron chi connectivity index (χ1n) is 9.72. The van der Waals surface area contributed by atoms with Gasteiger partial charge < -0.3 is 10.2 Å². The van der Waals surface area contributed by atoms with Crippen molar-refractivity contribution in [2.24, 2.45) is 5.92 Å². The van der Waals surface area contributed by atoms with Crippen molar-refractivity contribution in [3.63, 3.8) is 0 Å². The lowest BCUT2D eigenvalue weighted by atomic mass is 9.94. The second kappa shape index (κ2) is 8.85. The molecule has 1 fully saturated rings. The van der Waals surface area contributed by atoms with Crippen molar-refractivity contribution in [1.82, 2.24) is 10.2 Å². The van der Waals surface area contributed by atoms with Crippen LogP contribution in [0.2, 0.25) is 0 Å². The summed E-state index contributed by atoms with van der Waals surface area (Å²) in [5.74, 6) is 0.233. The van der Waals surface area contributed by atoms with Gasteiger partial charge in [-0.05, 0) is 43.4 Å². The fraction of sp³-hybridized carbons (Fsp3) is 0.391. The number of nitrogens with zero attached hydrogens (tertiary/aromatic N) is 1. The fourth-order valence-corrected chi connectivity index (χ4v) is 3.63. The van der Waals surface area contributed by atoms with Crippen molar-refractivity contribution in [1.29, 1.82) is 0 Å². The van der Waals surface area contributed by atoms with Crippen molar-refractivity contribution in [2.45, 2.75) is 39.2 Å². The summed E-state index contributed by atoms with van der Waals surface area (Å²) in [5, 5.41) is 3.11. The van der Waals surface area contributed by atoms with Crippen LogP contribution in [0, 0.1) is 12.8 Å². The van der Waals surface area contributed by atoms with Gasteiger partial charge in [-0.1, -0.05) is 54.6 Å². The van der Waals surface area contributed by atoms with Crippen molar-refractivity contribution in [3.8, 4) is 0 Å². The smallest absolute Gasteiger partial charge is 0.226 e. The maximum Gasteiger partial charge on any atom is 0.226 e. The molecule has 0 aromatic heterocycles. The van der Waals surface area contributed by atoms with Crippen LogP contribution in [0.1, 0.15) is 42.5 Å². The maximum atomic E-state index is 12.6. The van der Waals surface area contributed by atoms with Crippen LogP contribution < -0.4 is 5.32 Å². The van der Waals surface area contributed by atoms with Crippen LogP contribution in [-0.2, 0) is 16.0 Å². The molecule has 2 aromatic rings. The average molecular weight is 364 g/mol. The summed E-state index contributed by atoms with van der Waals surface area (Å²) < 4.78 is 0. The first-order chi connectivity index (χ1) is 13.0. The Kier molecular flexibility index (Phi) is 6.28. The molecular weight excluding hydrogens is 336 g/mol. The molecule has 2 amide bonds. The highest BCUT2D eigenvalue weighted by atomic mass is 16.2. The van der Waals surface area contributed by atoms with E-state index in [4.69, 9.17) is 0 Å². The minimum absolute atomic E-state index is 0.000539. The highest BCUT2D eigenvalue weighted by Gasteiger charge is 2.28. The van der Waals surface area contributed by atoms with Crippen LogP contribution in [0.4, 0.5) is 0 Å². The Balaban J connectivity index is 1.49. The standard InChI is InChI=1S/C23H28N2O2/c1-17-8-6-7-11-21(17)16-22(26)25-14-12-20(13-15-25)23(27)24-18(2)19-9-4-3-5-10-19/h3-11,18,20H,12-16H2,1-2H3,(H,24,27). The van der Waals surface area contributed by atoms with Gasteiger partial charge in [-0.3, -0.25) is 9.59 Å². The third-order valence-electron chi connectivity index (χ3n) is 5.48. The van der Waals surface area contributed by atoms with Crippen molar-refractivity contribution >= 4 is 11.8 Å². The zero-order valence-corrected chi connectivity index (χ0v) is 16.2. The van der Waals surface area contributed by atoms with Crippen LogP contribution in [-0.4, -0.2) is 29.8 Å². The minimum Gasteiger partial charge on any atom is -0.349 e. The molecule has 0 radical (unpaired) electrons. The molecular formula is C23H28N2O2. The number of nitrogens with one attached hydrogen (secondary N) is 1. The molecule has 1 aliphatic heterocycles. The molecule has 1 aliphatic rings. The number of amides is 2. The molecule has 1 N–H and O–H groups in total. The number of piperidine rings is 1. The molecule has 27 heavy (non-hydrogen) atoms. The lowest BCUT2D eigenvalue weighted by molar-refractivity contribution is -0.135. The summed E-state index contributed by atoms with van der Waals surface area (Å²) in [6.45, 7) is 5.35. The minimum atomic E-state index is -0.0151. The quantitative estimate of drug-likeness (QED) is 0.880. The number of carbonyl (C=O) groups excluding carboxylic acids is 2. The Labute approximate surface area is 161 Å². The molecule has 0 saturated carbocycles. The zero-order valence-electron chi connectivity index (χ0n) is 16.2. The summed E-state index contributed by atoms with van der Waals surface area (Å²) in [6.07, 6.45) is 1.90. The van der Waals surface area contributed by atoms with E-state index in [9.17, 15) is 9.59 Å². The molecule has 4 heteroatoms. The highest BCUT2D eigenvalue weighted by molar-refractivity contribution is 5.81. The first kappa shape index (κ1) is 19.2. The molecule has 0 spiro atoms. The number of rotatable bonds is 5. The van der Waals surface area contributed by atoms with Crippen LogP contribution in [0.25, 0.3) is 0 Å². The Morgan fingerprint density at radius 1 is 1.04 bits per heavy atom. The van der Waals surface area contributed by atoms with E-state index in [1.165, 1.54) is 0 Å². The van der Waals surface area contributed by atoms with E-state index in [1.54, 1.807) is 0 Å². The normalized spacial score (nSPS) is 16.0. The van der Waals surface area contributed by atoms with Gasteiger partial charge >= 0.3 is 0 Å². The van der Waals surface area contributed by atoms with E-state index in [0.717, 1.165) is 29.5 Å². The number of hydrogen-bond acceptors (Lipinski definition) is 2. The average Bonchev–Trinajstić information content (AvgIpc) is 2.70. The maximum absolute atomic E-state index is 12.6. The van der Waals surface area contributed by atoms with Gasteiger partial charge in [-0.2, -0.15) is 0 Å². The Bertz CT molecular complexity index is 780. The van der Waals surface area contributed by atoms with Gasteiger partial charge in [0.25, 0.3) is 0 Å². The lowest BCUT2D eigenvalue weighted by Gasteiger charge is -2.32. The SMILES string of the molecule is Cc1ccccc1CC(=O)N1CCC(C(=O)NC(C)c2ccccc2)CC1. The van der Waals surface area contributed by atoms with Gasteiger partial charge in [-0.15, -0.1) is 0 Å². The second-order valence-electron chi connectivity index (χ2n) is 7.40. The van der Waals surface area contributed by atoms with Gasteiger partial charge in [0.2, 0.25) is 11.8 Å². The lowest BCUT2D eigenvalue weighted by Crippen LogP contribution is -2.44. The number of likely N-dealkylation sites (tertiary alicyclic amines) is 1. The Morgan fingerprint density at radius 2 is 1.67 bits per heavy atom. The van der Waals surface area contributed by atoms with Gasteiger partial charge in [-0.25, -0.2) is 0 Å². The van der Waals surface area contributed by atoms with E-state index >= 15 is 0 Å². The van der Waals surface area contributed by atoms with Crippen LogP contribution >= 0.6 is 0 Å². The molecule has 1 saturated heterocycles. The topological polar surface area (TPSA) is 49.4 Å². The van der Waals surface area contributed by atoms with Crippen LogP contribution in [0.3, 0.4) is 0 Å². The highest BCUT2D eigenvalue weighted by Crippen LogP contribution is 2.21. The van der Waals surface area contributed by atoms with Gasteiger partial charge in [0.15, 0.2) is 0 Å². The fourth-order valence-electron chi connectivity index (χ4n) is 3.63. The Morgan fingerprint density at radius 3 is 2.33 bits per heavy atom. The van der Waals surface area contributed by atoms with E-state index in [0.29, 0.717) is 19.5 Å². The largest absolute Gasteiger partial charge is 0.349 e. The van der Waals surface area contributed by atoms with Crippen molar-refractivity contribution in [3.05, 3.63) is 71.3 Å². The summed E-state index contributed by atoms with van der Waals surface area (Å²) in [4.78, 5) is 27.1. The molecule has 3 rings (SSSR count).